The molecule has 1 fully saturated rings. The molecule has 0 bridgehead atoms. The van der Waals surface area contributed by atoms with E-state index in [1.165, 1.54) is 6.33 Å². The van der Waals surface area contributed by atoms with E-state index in [1.807, 2.05) is 67.9 Å². The van der Waals surface area contributed by atoms with Crippen molar-refractivity contribution < 1.29 is 9.84 Å². The van der Waals surface area contributed by atoms with Crippen LogP contribution in [0.2, 0.25) is 0 Å². The van der Waals surface area contributed by atoms with Gasteiger partial charge in [-0.2, -0.15) is 10.2 Å². The number of phenols is 1. The largest absolute Gasteiger partial charge is 0.504 e. The summed E-state index contributed by atoms with van der Waals surface area (Å²) in [4.78, 5) is 29.3. The summed E-state index contributed by atoms with van der Waals surface area (Å²) in [5.41, 5.74) is 12.4. The van der Waals surface area contributed by atoms with Gasteiger partial charge in [0.05, 0.1) is 27.5 Å². The van der Waals surface area contributed by atoms with Crippen molar-refractivity contribution in [3.8, 4) is 34.0 Å². The highest BCUT2D eigenvalue weighted by Gasteiger charge is 2.49. The monoisotopic (exact) mass is 665 g/mol. The fourth-order valence-electron chi connectivity index (χ4n) is 7.83. The minimum Gasteiger partial charge on any atom is -0.504 e. The van der Waals surface area contributed by atoms with Crippen LogP contribution in [0.1, 0.15) is 49.2 Å². The van der Waals surface area contributed by atoms with Gasteiger partial charge in [0.1, 0.15) is 35.8 Å². The van der Waals surface area contributed by atoms with Crippen LogP contribution in [0.25, 0.3) is 44.5 Å². The molecule has 1 aliphatic heterocycles. The van der Waals surface area contributed by atoms with E-state index >= 15 is 4.79 Å². The number of rotatable bonds is 6. The third kappa shape index (κ3) is 4.37. The second kappa shape index (κ2) is 10.5. The number of fused-ring (bicyclic) bond motifs is 3. The fourth-order valence-corrected chi connectivity index (χ4v) is 7.83. The van der Waals surface area contributed by atoms with Crippen molar-refractivity contribution in [2.45, 2.75) is 57.7 Å². The fraction of sp³-hybridized carbons (Fsp3) is 0.263. The van der Waals surface area contributed by atoms with Gasteiger partial charge in [0.15, 0.2) is 17.1 Å². The number of aromatic nitrogens is 8. The highest BCUT2D eigenvalue weighted by molar-refractivity contribution is 5.99. The number of hydrogen-bond acceptors (Lipinski definition) is 9. The van der Waals surface area contributed by atoms with Crippen LogP contribution < -0.4 is 16.0 Å². The summed E-state index contributed by atoms with van der Waals surface area (Å²) >= 11 is 0. The molecule has 9 rings (SSSR count). The molecule has 1 saturated carbocycles. The van der Waals surface area contributed by atoms with Crippen molar-refractivity contribution in [1.82, 2.24) is 39.1 Å². The van der Waals surface area contributed by atoms with Crippen LogP contribution >= 0.6 is 0 Å². The van der Waals surface area contributed by atoms with Gasteiger partial charge in [-0.15, -0.1) is 0 Å². The Morgan fingerprint density at radius 3 is 2.56 bits per heavy atom. The lowest BCUT2D eigenvalue weighted by molar-refractivity contribution is 0.134. The van der Waals surface area contributed by atoms with E-state index in [9.17, 15) is 5.11 Å². The number of aromatic hydroxyl groups is 1. The number of nitrogens with two attached hydrogens (primary N) is 1. The summed E-state index contributed by atoms with van der Waals surface area (Å²) < 4.78 is 11.6. The van der Waals surface area contributed by atoms with Crippen molar-refractivity contribution >= 4 is 27.8 Å². The van der Waals surface area contributed by atoms with Crippen molar-refractivity contribution in [2.75, 3.05) is 5.73 Å². The van der Waals surface area contributed by atoms with Crippen LogP contribution in [0.3, 0.4) is 0 Å². The first-order valence-electron chi connectivity index (χ1n) is 16.7. The maximum absolute atomic E-state index is 15.1. The predicted octanol–water partition coefficient (Wildman–Crippen LogP) is 5.50. The summed E-state index contributed by atoms with van der Waals surface area (Å²) in [7, 11) is 1.87. The Morgan fingerprint density at radius 1 is 0.980 bits per heavy atom. The molecule has 0 spiro atoms. The van der Waals surface area contributed by atoms with Crippen molar-refractivity contribution in [2.24, 2.45) is 7.05 Å². The molecule has 12 heteroatoms. The molecule has 2 aliphatic rings. The molecule has 0 unspecified atom stereocenters. The molecule has 50 heavy (non-hydrogen) atoms. The standard InChI is InChI=1S/C38H35N9O3/c1-21-8-5-6-10-25(21)38(15-16-38)47-29(43-26-11-7-9-23(30(26)36(47)49)27-14-17-42-45(27)4)19-46-35-31(34(39)40-20-41-35)32(44-46)22-12-13-28(48)33-24(22)18-37(2,3)50-33/h5-14,17,20,48H,15-16,18-19H2,1-4H3,(H2,39,40,41). The van der Waals surface area contributed by atoms with Crippen LogP contribution in [-0.4, -0.2) is 49.8 Å². The SMILES string of the molecule is Cc1ccccc1C1(n2c(Cn3nc(-c4ccc(O)c5c4CC(C)(C)O5)c4c(N)ncnc43)nc3cccc(-c4ccnn4C)c3c2=O)CC1. The summed E-state index contributed by atoms with van der Waals surface area (Å²) in [6.07, 6.45) is 5.30. The Bertz CT molecular complexity index is 2590. The number of benzene rings is 3. The second-order valence-electron chi connectivity index (χ2n) is 14.0. The van der Waals surface area contributed by atoms with Gasteiger partial charge < -0.3 is 15.6 Å². The molecule has 0 radical (unpaired) electrons. The van der Waals surface area contributed by atoms with E-state index in [1.54, 1.807) is 21.6 Å². The van der Waals surface area contributed by atoms with E-state index < -0.39 is 11.1 Å². The van der Waals surface area contributed by atoms with Crippen LogP contribution in [0.5, 0.6) is 11.5 Å². The first-order chi connectivity index (χ1) is 24.1. The maximum atomic E-state index is 15.1. The minimum atomic E-state index is -0.570. The lowest BCUT2D eigenvalue weighted by Crippen LogP contribution is -2.36. The summed E-state index contributed by atoms with van der Waals surface area (Å²) in [6, 6.07) is 19.4. The molecule has 3 aromatic carbocycles. The van der Waals surface area contributed by atoms with Gasteiger partial charge >= 0.3 is 0 Å². The average Bonchev–Trinajstić information content (AvgIpc) is 3.42. The van der Waals surface area contributed by atoms with Crippen LogP contribution in [-0.2, 0) is 25.6 Å². The van der Waals surface area contributed by atoms with Crippen LogP contribution in [0, 0.1) is 6.92 Å². The van der Waals surface area contributed by atoms with Gasteiger partial charge in [-0.25, -0.2) is 19.6 Å². The summed E-state index contributed by atoms with van der Waals surface area (Å²) in [6.45, 7) is 6.20. The molecule has 7 aromatic rings. The second-order valence-corrected chi connectivity index (χ2v) is 14.0. The molecule has 0 atom stereocenters. The van der Waals surface area contributed by atoms with Gasteiger partial charge in [0.25, 0.3) is 5.56 Å². The summed E-state index contributed by atoms with van der Waals surface area (Å²) in [5, 5.41) is 21.3. The zero-order chi connectivity index (χ0) is 34.5. The number of nitrogens with zero attached hydrogens (tertiary/aromatic N) is 8. The van der Waals surface area contributed by atoms with Crippen LogP contribution in [0.15, 0.2) is 78.0 Å². The van der Waals surface area contributed by atoms with E-state index in [0.717, 1.165) is 46.4 Å². The number of ether oxygens (including phenoxy) is 1. The van der Waals surface area contributed by atoms with E-state index in [4.69, 9.17) is 20.6 Å². The molecule has 12 nitrogen and oxygen atoms in total. The van der Waals surface area contributed by atoms with Gasteiger partial charge in [0, 0.05) is 36.4 Å². The smallest absolute Gasteiger partial charge is 0.262 e. The minimum absolute atomic E-state index is 0.0723. The summed E-state index contributed by atoms with van der Waals surface area (Å²) in [5.74, 6) is 1.34. The highest BCUT2D eigenvalue weighted by Crippen LogP contribution is 2.51. The van der Waals surface area contributed by atoms with Crippen molar-refractivity contribution in [1.29, 1.82) is 0 Å². The van der Waals surface area contributed by atoms with E-state index in [2.05, 4.69) is 34.1 Å². The molecule has 250 valence electrons. The van der Waals surface area contributed by atoms with E-state index in [0.29, 0.717) is 45.6 Å². The molecule has 0 saturated heterocycles. The first-order valence-corrected chi connectivity index (χ1v) is 16.7. The van der Waals surface area contributed by atoms with Gasteiger partial charge in [-0.3, -0.25) is 14.0 Å². The lowest BCUT2D eigenvalue weighted by Gasteiger charge is -2.25. The van der Waals surface area contributed by atoms with Gasteiger partial charge in [-0.05, 0) is 69.0 Å². The van der Waals surface area contributed by atoms with Crippen molar-refractivity contribution in [3.05, 3.63) is 106 Å². The number of phenolic OH excluding ortho intramolecular Hbond substituents is 1. The van der Waals surface area contributed by atoms with Crippen molar-refractivity contribution in [3.63, 3.8) is 0 Å². The third-order valence-corrected chi connectivity index (χ3v) is 10.2. The normalized spacial score (nSPS) is 15.8. The molecular weight excluding hydrogens is 630 g/mol. The van der Waals surface area contributed by atoms with Gasteiger partial charge in [-0.1, -0.05) is 36.4 Å². The van der Waals surface area contributed by atoms with E-state index in [-0.39, 0.29) is 23.7 Å². The number of nitrogen functional groups attached to an aromatic ring is 1. The van der Waals surface area contributed by atoms with Gasteiger partial charge in [0.2, 0.25) is 0 Å². The number of hydrogen-bond donors (Lipinski definition) is 2. The third-order valence-electron chi connectivity index (χ3n) is 10.2. The molecule has 1 aliphatic carbocycles. The zero-order valence-corrected chi connectivity index (χ0v) is 28.2. The topological polar surface area (TPSA) is 152 Å². The quantitative estimate of drug-likeness (QED) is 0.235. The molecule has 0 amide bonds. The Labute approximate surface area is 286 Å². The number of aryl methyl sites for hydroxylation is 2. The maximum Gasteiger partial charge on any atom is 0.262 e. The molecule has 3 N–H and O–H groups in total. The lowest BCUT2D eigenvalue weighted by atomic mass is 9.95. The Morgan fingerprint density at radius 2 is 1.80 bits per heavy atom. The first kappa shape index (κ1) is 30.1. The molecule has 5 heterocycles. The number of anilines is 1. The average molecular weight is 666 g/mol. The molecule has 4 aromatic heterocycles. The van der Waals surface area contributed by atoms with Crippen LogP contribution in [0.4, 0.5) is 5.82 Å². The highest BCUT2D eigenvalue weighted by atomic mass is 16.5. The predicted molar refractivity (Wildman–Crippen MR) is 190 cm³/mol. The molecular formula is C38H35N9O3. The Balaban J connectivity index is 1.29. The Kier molecular flexibility index (Phi) is 6.30. The zero-order valence-electron chi connectivity index (χ0n) is 28.2. The Hall–Kier alpha value is -6.04.